The monoisotopic (exact) mass is 221 g/mol. The number of aldehydes is 1. The maximum absolute atomic E-state index is 10.5. The van der Waals surface area contributed by atoms with Crippen LogP contribution >= 0.6 is 0 Å². The molecule has 0 saturated carbocycles. The van der Waals surface area contributed by atoms with Gasteiger partial charge in [-0.2, -0.15) is 0 Å². The number of hydrogen-bond acceptors (Lipinski definition) is 6. The maximum atomic E-state index is 10.5. The second kappa shape index (κ2) is 7.49. The Morgan fingerprint density at radius 3 is 2.53 bits per heavy atom. The minimum Gasteiger partial charge on any atom is -0.394 e. The lowest BCUT2D eigenvalue weighted by Gasteiger charge is -2.25. The maximum Gasteiger partial charge on any atom is 0.151 e. The Bertz CT molecular complexity index is 222. The standard InChI is InChI=1S/C9H16O6/c1-2-3-15-7(5-11)9(14)8(13)6(12)4-10/h2,5-10,12-14H,1,3-4H2/t6-,7+,8+,9-/m1/s1/i1D. The first-order valence-corrected chi connectivity index (χ1v) is 4.33. The normalized spacial score (nSPS) is 20.7. The predicted octanol–water partition coefficient (Wildman–Crippen LogP) is -2.17. The molecule has 4 atom stereocenters. The summed E-state index contributed by atoms with van der Waals surface area (Å²) in [6.45, 7) is 0.135. The van der Waals surface area contributed by atoms with Crippen LogP contribution in [0.1, 0.15) is 1.37 Å². The smallest absolute Gasteiger partial charge is 0.151 e. The van der Waals surface area contributed by atoms with Crippen molar-refractivity contribution in [2.75, 3.05) is 13.2 Å². The van der Waals surface area contributed by atoms with Crippen molar-refractivity contribution in [3.05, 3.63) is 12.6 Å². The highest BCUT2D eigenvalue weighted by atomic mass is 16.5. The first kappa shape index (κ1) is 12.3. The van der Waals surface area contributed by atoms with Crippen LogP contribution in [0, 0.1) is 0 Å². The van der Waals surface area contributed by atoms with E-state index in [9.17, 15) is 15.0 Å². The number of hydrogen-bond donors (Lipinski definition) is 4. The van der Waals surface area contributed by atoms with E-state index in [1.165, 1.54) is 6.08 Å². The zero-order chi connectivity index (χ0) is 12.6. The van der Waals surface area contributed by atoms with Gasteiger partial charge >= 0.3 is 0 Å². The van der Waals surface area contributed by atoms with Gasteiger partial charge in [0.1, 0.15) is 24.4 Å². The Morgan fingerprint density at radius 2 is 2.07 bits per heavy atom. The molecule has 0 aliphatic heterocycles. The van der Waals surface area contributed by atoms with E-state index in [1.807, 2.05) is 0 Å². The molecule has 4 N–H and O–H groups in total. The molecule has 6 heteroatoms. The Morgan fingerprint density at radius 1 is 1.40 bits per heavy atom. The highest BCUT2D eigenvalue weighted by molar-refractivity contribution is 5.57. The van der Waals surface area contributed by atoms with E-state index < -0.39 is 31.0 Å². The van der Waals surface area contributed by atoms with E-state index in [4.69, 9.17) is 16.3 Å². The lowest BCUT2D eigenvalue weighted by molar-refractivity contribution is -0.143. The van der Waals surface area contributed by atoms with Gasteiger partial charge in [0, 0.05) is 0 Å². The van der Waals surface area contributed by atoms with E-state index >= 15 is 0 Å². The molecule has 0 saturated heterocycles. The van der Waals surface area contributed by atoms with Crippen LogP contribution in [-0.2, 0) is 9.53 Å². The molecule has 0 bridgehead atoms. The summed E-state index contributed by atoms with van der Waals surface area (Å²) >= 11 is 0. The number of carbonyl (C=O) groups excluding carboxylic acids is 1. The fourth-order valence-corrected chi connectivity index (χ4v) is 0.915. The molecule has 0 aromatic carbocycles. The molecule has 0 heterocycles. The van der Waals surface area contributed by atoms with Gasteiger partial charge in [0.05, 0.1) is 14.6 Å². The van der Waals surface area contributed by atoms with E-state index in [-0.39, 0.29) is 12.9 Å². The van der Waals surface area contributed by atoms with Crippen LogP contribution in [0.25, 0.3) is 0 Å². The van der Waals surface area contributed by atoms with E-state index in [0.717, 1.165) is 6.55 Å². The van der Waals surface area contributed by atoms with Crippen molar-refractivity contribution in [3.63, 3.8) is 0 Å². The van der Waals surface area contributed by atoms with Crippen LogP contribution in [0.4, 0.5) is 0 Å². The molecule has 6 nitrogen and oxygen atoms in total. The third-order valence-corrected chi connectivity index (χ3v) is 1.79. The lowest BCUT2D eigenvalue weighted by Crippen LogP contribution is -2.47. The summed E-state index contributed by atoms with van der Waals surface area (Å²) in [7, 11) is 0. The first-order valence-electron chi connectivity index (χ1n) is 4.91. The molecule has 0 rings (SSSR count). The predicted molar refractivity (Wildman–Crippen MR) is 51.1 cm³/mol. The summed E-state index contributed by atoms with van der Waals surface area (Å²) in [6.07, 6.45) is -4.63. The van der Waals surface area contributed by atoms with Gasteiger partial charge in [-0.25, -0.2) is 0 Å². The van der Waals surface area contributed by atoms with Crippen LogP contribution < -0.4 is 0 Å². The van der Waals surface area contributed by atoms with Crippen molar-refractivity contribution in [1.82, 2.24) is 0 Å². The molecule has 0 fully saturated rings. The topological polar surface area (TPSA) is 107 Å². The fraction of sp³-hybridized carbons (Fsp3) is 0.667. The van der Waals surface area contributed by atoms with Crippen molar-refractivity contribution < 1.29 is 31.3 Å². The van der Waals surface area contributed by atoms with Crippen molar-refractivity contribution in [2.45, 2.75) is 24.4 Å². The van der Waals surface area contributed by atoms with Gasteiger partial charge in [0.25, 0.3) is 0 Å². The average molecular weight is 221 g/mol. The molecule has 88 valence electrons. The van der Waals surface area contributed by atoms with Crippen LogP contribution in [0.15, 0.2) is 12.6 Å². The SMILES string of the molecule is [2H]C=CCO[C@@H](C=O)[C@@H](O)[C@@H](O)[C@H](O)CO. The summed E-state index contributed by atoms with van der Waals surface area (Å²) in [4.78, 5) is 10.5. The largest absolute Gasteiger partial charge is 0.394 e. The molecule has 0 aliphatic carbocycles. The Kier molecular flexibility index (Phi) is 6.14. The van der Waals surface area contributed by atoms with Crippen LogP contribution in [0.3, 0.4) is 0 Å². The molecule has 0 aliphatic rings. The highest BCUT2D eigenvalue weighted by Gasteiger charge is 2.31. The molecule has 0 aromatic heterocycles. The van der Waals surface area contributed by atoms with E-state index in [2.05, 4.69) is 0 Å². The highest BCUT2D eigenvalue weighted by Crippen LogP contribution is 2.06. The van der Waals surface area contributed by atoms with Crippen LogP contribution in [-0.4, -0.2) is 64.3 Å². The average Bonchev–Trinajstić information content (AvgIpc) is 2.32. The molecular formula is C9H16O6. The molecular weight excluding hydrogens is 204 g/mol. The van der Waals surface area contributed by atoms with Crippen molar-refractivity contribution in [1.29, 1.82) is 0 Å². The number of rotatable bonds is 8. The minimum atomic E-state index is -1.68. The number of aliphatic hydroxyl groups excluding tert-OH is 4. The fourth-order valence-electron chi connectivity index (χ4n) is 0.915. The summed E-state index contributed by atoms with van der Waals surface area (Å²) < 4.78 is 11.5. The lowest BCUT2D eigenvalue weighted by atomic mass is 10.0. The van der Waals surface area contributed by atoms with Crippen molar-refractivity contribution in [2.24, 2.45) is 0 Å². The quantitative estimate of drug-likeness (QED) is 0.274. The summed E-state index contributed by atoms with van der Waals surface area (Å²) in [5.74, 6) is 0. The minimum absolute atomic E-state index is 0.0775. The van der Waals surface area contributed by atoms with Crippen LogP contribution in [0.2, 0.25) is 0 Å². The van der Waals surface area contributed by atoms with Gasteiger partial charge in [0.2, 0.25) is 0 Å². The van der Waals surface area contributed by atoms with Crippen molar-refractivity contribution >= 4 is 6.29 Å². The molecule has 0 spiro atoms. The van der Waals surface area contributed by atoms with E-state index in [1.54, 1.807) is 0 Å². The molecule has 15 heavy (non-hydrogen) atoms. The Hall–Kier alpha value is -0.790. The summed E-state index contributed by atoms with van der Waals surface area (Å²) in [5, 5.41) is 36.3. The third-order valence-electron chi connectivity index (χ3n) is 1.79. The number of aliphatic hydroxyl groups is 4. The molecule has 0 amide bonds. The molecule has 0 unspecified atom stereocenters. The molecule has 0 radical (unpaired) electrons. The zero-order valence-corrected chi connectivity index (χ0v) is 8.06. The van der Waals surface area contributed by atoms with Gasteiger partial charge in [-0.3, -0.25) is 0 Å². The second-order valence-electron chi connectivity index (χ2n) is 2.90. The Balaban J connectivity index is 4.28. The number of carbonyl (C=O) groups is 1. The van der Waals surface area contributed by atoms with Crippen molar-refractivity contribution in [3.8, 4) is 0 Å². The van der Waals surface area contributed by atoms with Gasteiger partial charge in [-0.15, -0.1) is 6.55 Å². The van der Waals surface area contributed by atoms with Gasteiger partial charge in [-0.1, -0.05) is 6.08 Å². The second-order valence-corrected chi connectivity index (χ2v) is 2.90. The van der Waals surface area contributed by atoms with Gasteiger partial charge in [-0.05, 0) is 0 Å². The molecule has 0 aromatic rings. The Labute approximate surface area is 88.8 Å². The summed E-state index contributed by atoms with van der Waals surface area (Å²) in [5.41, 5.74) is 0. The first-order chi connectivity index (χ1) is 7.58. The number of ether oxygens (including phenoxy) is 1. The van der Waals surface area contributed by atoms with E-state index in [0.29, 0.717) is 0 Å². The summed E-state index contributed by atoms with van der Waals surface area (Å²) in [6, 6.07) is 0. The zero-order valence-electron chi connectivity index (χ0n) is 9.06. The van der Waals surface area contributed by atoms with Crippen LogP contribution in [0.5, 0.6) is 0 Å². The van der Waals surface area contributed by atoms with Gasteiger partial charge < -0.3 is 30.0 Å². The van der Waals surface area contributed by atoms with Gasteiger partial charge in [0.15, 0.2) is 6.29 Å². The third kappa shape index (κ3) is 4.50.